The van der Waals surface area contributed by atoms with Gasteiger partial charge in [0.1, 0.15) is 0 Å². The summed E-state index contributed by atoms with van der Waals surface area (Å²) in [5.74, 6) is 0.727. The summed E-state index contributed by atoms with van der Waals surface area (Å²) in [4.78, 5) is 2.44. The van der Waals surface area contributed by atoms with E-state index in [0.29, 0.717) is 6.04 Å². The molecule has 0 radical (unpaired) electrons. The summed E-state index contributed by atoms with van der Waals surface area (Å²) in [5.41, 5.74) is 5.85. The van der Waals surface area contributed by atoms with E-state index in [0.717, 1.165) is 12.0 Å². The smallest absolute Gasteiger partial charge is 0.00934 e. The molecule has 0 amide bonds. The fraction of sp³-hybridized carbons (Fsp3) is 1.00. The Morgan fingerprint density at radius 2 is 2.27 bits per heavy atom. The van der Waals surface area contributed by atoms with Crippen molar-refractivity contribution < 1.29 is 0 Å². The van der Waals surface area contributed by atoms with Crippen molar-refractivity contribution >= 4 is 0 Å². The summed E-state index contributed by atoms with van der Waals surface area (Å²) in [6.45, 7) is 5.57. The molecule has 2 heteroatoms. The Kier molecular flexibility index (Phi) is 2.90. The fourth-order valence-electron chi connectivity index (χ4n) is 1.98. The van der Waals surface area contributed by atoms with E-state index in [-0.39, 0.29) is 0 Å². The Morgan fingerprint density at radius 3 is 2.55 bits per heavy atom. The summed E-state index contributed by atoms with van der Waals surface area (Å²) < 4.78 is 0. The van der Waals surface area contributed by atoms with E-state index < -0.39 is 0 Å². The van der Waals surface area contributed by atoms with Crippen molar-refractivity contribution in [2.75, 3.05) is 13.6 Å². The topological polar surface area (TPSA) is 29.3 Å². The first-order valence-electron chi connectivity index (χ1n) is 4.61. The maximum absolute atomic E-state index is 5.85. The van der Waals surface area contributed by atoms with E-state index in [1.807, 2.05) is 0 Å². The molecule has 0 aromatic carbocycles. The van der Waals surface area contributed by atoms with Gasteiger partial charge in [-0.3, -0.25) is 0 Å². The first-order chi connectivity index (χ1) is 5.15. The van der Waals surface area contributed by atoms with Gasteiger partial charge in [0.2, 0.25) is 0 Å². The molecular formula is C9H20N2. The van der Waals surface area contributed by atoms with Crippen molar-refractivity contribution in [1.29, 1.82) is 0 Å². The minimum atomic E-state index is 0.369. The number of likely N-dealkylation sites (tertiary alicyclic amines) is 1. The molecule has 3 unspecified atom stereocenters. The average Bonchev–Trinajstić information content (AvgIpc) is 2.31. The van der Waals surface area contributed by atoms with Gasteiger partial charge in [-0.25, -0.2) is 0 Å². The maximum atomic E-state index is 5.85. The molecule has 1 fully saturated rings. The van der Waals surface area contributed by atoms with E-state index in [9.17, 15) is 0 Å². The van der Waals surface area contributed by atoms with Gasteiger partial charge in [0.15, 0.2) is 0 Å². The SMILES string of the molecule is CCC1CC(C(C)N)CN1C. The minimum absolute atomic E-state index is 0.369. The van der Waals surface area contributed by atoms with Crippen LogP contribution in [0, 0.1) is 5.92 Å². The maximum Gasteiger partial charge on any atom is 0.00934 e. The molecule has 1 saturated heterocycles. The van der Waals surface area contributed by atoms with Crippen LogP contribution >= 0.6 is 0 Å². The van der Waals surface area contributed by atoms with Gasteiger partial charge >= 0.3 is 0 Å². The second kappa shape index (κ2) is 3.55. The average molecular weight is 156 g/mol. The largest absolute Gasteiger partial charge is 0.328 e. The zero-order valence-corrected chi connectivity index (χ0v) is 7.88. The van der Waals surface area contributed by atoms with E-state index >= 15 is 0 Å². The van der Waals surface area contributed by atoms with Gasteiger partial charge in [-0.2, -0.15) is 0 Å². The fourth-order valence-corrected chi connectivity index (χ4v) is 1.98. The number of hydrogen-bond donors (Lipinski definition) is 1. The number of nitrogens with two attached hydrogens (primary N) is 1. The minimum Gasteiger partial charge on any atom is -0.328 e. The number of hydrogen-bond acceptors (Lipinski definition) is 2. The van der Waals surface area contributed by atoms with Gasteiger partial charge in [0.25, 0.3) is 0 Å². The Balaban J connectivity index is 2.43. The van der Waals surface area contributed by atoms with E-state index in [1.165, 1.54) is 19.4 Å². The summed E-state index contributed by atoms with van der Waals surface area (Å²) in [7, 11) is 2.20. The molecule has 0 spiro atoms. The first kappa shape index (κ1) is 9.01. The van der Waals surface area contributed by atoms with Crippen LogP contribution in [0.3, 0.4) is 0 Å². The van der Waals surface area contributed by atoms with Gasteiger partial charge in [0, 0.05) is 18.6 Å². The molecule has 0 saturated carbocycles. The lowest BCUT2D eigenvalue weighted by atomic mass is 9.98. The molecule has 2 N–H and O–H groups in total. The molecule has 3 atom stereocenters. The van der Waals surface area contributed by atoms with Gasteiger partial charge in [-0.1, -0.05) is 6.92 Å². The zero-order valence-electron chi connectivity index (χ0n) is 7.88. The highest BCUT2D eigenvalue weighted by molar-refractivity contribution is 4.85. The summed E-state index contributed by atoms with van der Waals surface area (Å²) in [5, 5.41) is 0. The molecule has 1 heterocycles. The second-order valence-electron chi connectivity index (χ2n) is 3.86. The van der Waals surface area contributed by atoms with Crippen LogP contribution in [-0.2, 0) is 0 Å². The third-order valence-electron chi connectivity index (χ3n) is 2.94. The molecule has 11 heavy (non-hydrogen) atoms. The summed E-state index contributed by atoms with van der Waals surface area (Å²) in [6.07, 6.45) is 2.56. The van der Waals surface area contributed by atoms with Crippen LogP contribution in [0.5, 0.6) is 0 Å². The Hall–Kier alpha value is -0.0800. The van der Waals surface area contributed by atoms with Crippen molar-refractivity contribution in [3.63, 3.8) is 0 Å². The lowest BCUT2D eigenvalue weighted by Gasteiger charge is -2.16. The summed E-state index contributed by atoms with van der Waals surface area (Å²) in [6, 6.07) is 1.15. The van der Waals surface area contributed by atoms with Crippen molar-refractivity contribution in [3.05, 3.63) is 0 Å². The Bertz CT molecular complexity index is 123. The van der Waals surface area contributed by atoms with E-state index in [2.05, 4.69) is 25.8 Å². The lowest BCUT2D eigenvalue weighted by molar-refractivity contribution is 0.299. The van der Waals surface area contributed by atoms with Gasteiger partial charge in [-0.15, -0.1) is 0 Å². The van der Waals surface area contributed by atoms with Gasteiger partial charge in [-0.05, 0) is 32.7 Å². The highest BCUT2D eigenvalue weighted by atomic mass is 15.2. The Morgan fingerprint density at radius 1 is 1.64 bits per heavy atom. The van der Waals surface area contributed by atoms with Crippen molar-refractivity contribution in [1.82, 2.24) is 4.90 Å². The molecule has 1 rings (SSSR count). The van der Waals surface area contributed by atoms with Crippen LogP contribution in [0.25, 0.3) is 0 Å². The molecule has 1 aliphatic rings. The molecule has 66 valence electrons. The quantitative estimate of drug-likeness (QED) is 0.648. The normalized spacial score (nSPS) is 36.0. The van der Waals surface area contributed by atoms with E-state index in [4.69, 9.17) is 5.73 Å². The highest BCUT2D eigenvalue weighted by Crippen LogP contribution is 2.25. The highest BCUT2D eigenvalue weighted by Gasteiger charge is 2.29. The van der Waals surface area contributed by atoms with Crippen molar-refractivity contribution in [2.24, 2.45) is 11.7 Å². The van der Waals surface area contributed by atoms with Gasteiger partial charge in [0.05, 0.1) is 0 Å². The molecule has 0 aromatic heterocycles. The Labute approximate surface area is 69.8 Å². The van der Waals surface area contributed by atoms with Crippen molar-refractivity contribution in [2.45, 2.75) is 38.8 Å². The van der Waals surface area contributed by atoms with Crippen LogP contribution in [0.15, 0.2) is 0 Å². The predicted octanol–water partition coefficient (Wildman–Crippen LogP) is 1.06. The van der Waals surface area contributed by atoms with Crippen LogP contribution in [-0.4, -0.2) is 30.6 Å². The van der Waals surface area contributed by atoms with Crippen LogP contribution in [0.2, 0.25) is 0 Å². The lowest BCUT2D eigenvalue weighted by Crippen LogP contribution is -2.28. The van der Waals surface area contributed by atoms with Crippen LogP contribution in [0.4, 0.5) is 0 Å². The predicted molar refractivity (Wildman–Crippen MR) is 48.5 cm³/mol. The number of rotatable bonds is 2. The molecule has 1 aliphatic heterocycles. The number of nitrogens with zero attached hydrogens (tertiary/aromatic N) is 1. The molecule has 0 aliphatic carbocycles. The monoisotopic (exact) mass is 156 g/mol. The third-order valence-corrected chi connectivity index (χ3v) is 2.94. The molecular weight excluding hydrogens is 136 g/mol. The van der Waals surface area contributed by atoms with Crippen LogP contribution < -0.4 is 5.73 Å². The zero-order chi connectivity index (χ0) is 8.43. The van der Waals surface area contributed by atoms with Crippen LogP contribution in [0.1, 0.15) is 26.7 Å². The molecule has 0 aromatic rings. The summed E-state index contributed by atoms with van der Waals surface area (Å²) >= 11 is 0. The van der Waals surface area contributed by atoms with E-state index in [1.54, 1.807) is 0 Å². The van der Waals surface area contributed by atoms with Crippen molar-refractivity contribution in [3.8, 4) is 0 Å². The molecule has 0 bridgehead atoms. The third kappa shape index (κ3) is 1.94. The first-order valence-corrected chi connectivity index (χ1v) is 4.61. The van der Waals surface area contributed by atoms with Gasteiger partial charge < -0.3 is 10.6 Å². The standard InChI is InChI=1S/C9H20N2/c1-4-9-5-8(7(2)10)6-11(9)3/h7-9H,4-6,10H2,1-3H3. The molecule has 2 nitrogen and oxygen atoms in total. The second-order valence-corrected chi connectivity index (χ2v) is 3.86.